The molecule has 0 aromatic heterocycles. The number of imide groups is 4. The highest BCUT2D eigenvalue weighted by Gasteiger charge is 2.38. The Bertz CT molecular complexity index is 965. The van der Waals surface area contributed by atoms with Gasteiger partial charge in [-0.15, -0.1) is 0 Å². The SMILES string of the molecule is O=C1C=CC(=O)N1CCC(CCN1C(=O)C=CC1=O)(CCN1C(=O)C=CC1=O)CCN1C(=O)C=CC1=O. The Balaban J connectivity index is 1.57. The molecule has 0 aliphatic carbocycles. The summed E-state index contributed by atoms with van der Waals surface area (Å²) in [6, 6.07) is 0. The monoisotopic (exact) mass is 508 g/mol. The highest BCUT2D eigenvalue weighted by Crippen LogP contribution is 2.37. The zero-order valence-electron chi connectivity index (χ0n) is 19.8. The van der Waals surface area contributed by atoms with E-state index < -0.39 is 52.7 Å². The maximum Gasteiger partial charge on any atom is 0.253 e. The molecule has 37 heavy (non-hydrogen) atoms. The summed E-state index contributed by atoms with van der Waals surface area (Å²) in [4.78, 5) is 101. The van der Waals surface area contributed by atoms with Crippen LogP contribution in [0, 0.1) is 5.41 Å². The van der Waals surface area contributed by atoms with Crippen molar-refractivity contribution in [2.45, 2.75) is 25.7 Å². The largest absolute Gasteiger partial charge is 0.275 e. The first kappa shape index (κ1) is 25.6. The van der Waals surface area contributed by atoms with Gasteiger partial charge < -0.3 is 0 Å². The minimum Gasteiger partial charge on any atom is -0.275 e. The van der Waals surface area contributed by atoms with Gasteiger partial charge in [-0.3, -0.25) is 58.0 Å². The van der Waals surface area contributed by atoms with E-state index >= 15 is 0 Å². The summed E-state index contributed by atoms with van der Waals surface area (Å²) in [7, 11) is 0. The van der Waals surface area contributed by atoms with Crippen molar-refractivity contribution in [1.29, 1.82) is 0 Å². The van der Waals surface area contributed by atoms with Gasteiger partial charge in [-0.1, -0.05) is 0 Å². The molecule has 0 N–H and O–H groups in total. The van der Waals surface area contributed by atoms with Gasteiger partial charge in [0, 0.05) is 74.8 Å². The molecule has 0 spiro atoms. The average Bonchev–Trinajstić information content (AvgIpc) is 3.57. The lowest BCUT2D eigenvalue weighted by Crippen LogP contribution is -2.43. The van der Waals surface area contributed by atoms with Crippen LogP contribution in [-0.2, 0) is 38.4 Å². The third-order valence-electron chi connectivity index (χ3n) is 7.07. The van der Waals surface area contributed by atoms with E-state index in [0.29, 0.717) is 0 Å². The minimum absolute atomic E-state index is 0.00883. The third-order valence-corrected chi connectivity index (χ3v) is 7.07. The Morgan fingerprint density at radius 2 is 0.514 bits per heavy atom. The van der Waals surface area contributed by atoms with Crippen molar-refractivity contribution in [1.82, 2.24) is 19.6 Å². The predicted octanol–water partition coefficient (Wildman–Crippen LogP) is -0.767. The molecule has 0 radical (unpaired) electrons. The van der Waals surface area contributed by atoms with Crippen LogP contribution in [-0.4, -0.2) is 93.0 Å². The van der Waals surface area contributed by atoms with Gasteiger partial charge in [-0.05, 0) is 31.1 Å². The van der Waals surface area contributed by atoms with Gasteiger partial charge >= 0.3 is 0 Å². The summed E-state index contributed by atoms with van der Waals surface area (Å²) in [5, 5.41) is 0. The normalized spacial score (nSPS) is 19.5. The molecule has 4 heterocycles. The molecule has 4 aliphatic rings. The van der Waals surface area contributed by atoms with Crippen LogP contribution in [0.15, 0.2) is 48.6 Å². The zero-order valence-corrected chi connectivity index (χ0v) is 19.8. The van der Waals surface area contributed by atoms with Crippen molar-refractivity contribution in [2.24, 2.45) is 5.41 Å². The van der Waals surface area contributed by atoms with Crippen LogP contribution in [0.3, 0.4) is 0 Å². The molecule has 0 saturated heterocycles. The Kier molecular flexibility index (Phi) is 7.09. The molecule has 12 heteroatoms. The van der Waals surface area contributed by atoms with E-state index in [2.05, 4.69) is 0 Å². The minimum atomic E-state index is -0.876. The molecule has 12 nitrogen and oxygen atoms in total. The molecule has 0 bridgehead atoms. The van der Waals surface area contributed by atoms with E-state index in [1.54, 1.807) is 0 Å². The van der Waals surface area contributed by atoms with Crippen LogP contribution in [0.25, 0.3) is 0 Å². The van der Waals surface area contributed by atoms with E-state index in [9.17, 15) is 38.4 Å². The van der Waals surface area contributed by atoms with E-state index in [-0.39, 0.29) is 51.9 Å². The molecule has 4 rings (SSSR count). The summed E-state index contributed by atoms with van der Waals surface area (Å²) in [5.41, 5.74) is -0.876. The molecular formula is C25H24N4O8. The fourth-order valence-electron chi connectivity index (χ4n) is 4.75. The average molecular weight is 508 g/mol. The smallest absolute Gasteiger partial charge is 0.253 e. The number of hydrogen-bond acceptors (Lipinski definition) is 8. The lowest BCUT2D eigenvalue weighted by molar-refractivity contribution is -0.138. The van der Waals surface area contributed by atoms with Gasteiger partial charge in [0.1, 0.15) is 0 Å². The fourth-order valence-corrected chi connectivity index (χ4v) is 4.75. The molecule has 4 aliphatic heterocycles. The quantitative estimate of drug-likeness (QED) is 0.312. The second-order valence-electron chi connectivity index (χ2n) is 9.15. The summed E-state index contributed by atoms with van der Waals surface area (Å²) < 4.78 is 0. The zero-order chi connectivity index (χ0) is 26.7. The molecule has 0 fully saturated rings. The second-order valence-corrected chi connectivity index (χ2v) is 9.15. The predicted molar refractivity (Wildman–Crippen MR) is 124 cm³/mol. The van der Waals surface area contributed by atoms with Crippen LogP contribution in [0.4, 0.5) is 0 Å². The van der Waals surface area contributed by atoms with Gasteiger partial charge in [0.05, 0.1) is 0 Å². The fraction of sp³-hybridized carbons (Fsp3) is 0.360. The van der Waals surface area contributed by atoms with Crippen molar-refractivity contribution in [2.75, 3.05) is 26.2 Å². The second kappa shape index (κ2) is 10.2. The molecular weight excluding hydrogens is 484 g/mol. The first-order chi connectivity index (χ1) is 17.6. The molecule has 0 unspecified atom stereocenters. The Morgan fingerprint density at radius 3 is 0.676 bits per heavy atom. The number of carbonyl (C=O) groups excluding carboxylic acids is 8. The van der Waals surface area contributed by atoms with E-state index in [1.165, 1.54) is 0 Å². The van der Waals surface area contributed by atoms with Crippen LogP contribution < -0.4 is 0 Å². The number of hydrogen-bond donors (Lipinski definition) is 0. The number of nitrogens with zero attached hydrogens (tertiary/aromatic N) is 4. The number of amides is 8. The van der Waals surface area contributed by atoms with Crippen molar-refractivity contribution in [3.63, 3.8) is 0 Å². The first-order valence-corrected chi connectivity index (χ1v) is 11.7. The molecule has 0 aromatic rings. The van der Waals surface area contributed by atoms with Gasteiger partial charge in [-0.2, -0.15) is 0 Å². The molecule has 0 aromatic carbocycles. The van der Waals surface area contributed by atoms with Gasteiger partial charge in [0.2, 0.25) is 0 Å². The van der Waals surface area contributed by atoms with E-state index in [4.69, 9.17) is 0 Å². The van der Waals surface area contributed by atoms with Gasteiger partial charge in [0.15, 0.2) is 0 Å². The Morgan fingerprint density at radius 1 is 0.351 bits per heavy atom. The van der Waals surface area contributed by atoms with Crippen molar-refractivity contribution in [3.05, 3.63) is 48.6 Å². The van der Waals surface area contributed by atoms with Gasteiger partial charge in [0.25, 0.3) is 47.3 Å². The van der Waals surface area contributed by atoms with Crippen LogP contribution >= 0.6 is 0 Å². The highest BCUT2D eigenvalue weighted by molar-refractivity contribution is 6.14. The van der Waals surface area contributed by atoms with E-state index in [1.807, 2.05) is 0 Å². The lowest BCUT2D eigenvalue weighted by atomic mass is 9.74. The third kappa shape index (κ3) is 5.37. The number of rotatable bonds is 12. The summed E-state index contributed by atoms with van der Waals surface area (Å²) in [6.45, 7) is -0.0353. The van der Waals surface area contributed by atoms with Crippen LogP contribution in [0.1, 0.15) is 25.7 Å². The Labute approximate surface area is 211 Å². The number of carbonyl (C=O) groups is 8. The highest BCUT2D eigenvalue weighted by atomic mass is 16.2. The Hall–Kier alpha value is -4.48. The molecule has 8 amide bonds. The van der Waals surface area contributed by atoms with Crippen LogP contribution in [0.2, 0.25) is 0 Å². The molecule has 0 saturated carbocycles. The maximum absolute atomic E-state index is 12.2. The summed E-state index contributed by atoms with van der Waals surface area (Å²) in [5.74, 6) is -3.92. The first-order valence-electron chi connectivity index (χ1n) is 11.7. The molecule has 0 atom stereocenters. The van der Waals surface area contributed by atoms with Crippen molar-refractivity contribution < 1.29 is 38.4 Å². The molecule has 192 valence electrons. The topological polar surface area (TPSA) is 150 Å². The summed E-state index contributed by atoms with van der Waals surface area (Å²) in [6.07, 6.45) is 9.94. The van der Waals surface area contributed by atoms with Crippen LogP contribution in [0.5, 0.6) is 0 Å². The lowest BCUT2D eigenvalue weighted by Gasteiger charge is -2.38. The van der Waals surface area contributed by atoms with E-state index in [0.717, 1.165) is 68.2 Å². The maximum atomic E-state index is 12.2. The summed E-state index contributed by atoms with van der Waals surface area (Å²) >= 11 is 0. The van der Waals surface area contributed by atoms with Crippen molar-refractivity contribution >= 4 is 47.3 Å². The standard InChI is InChI=1S/C25H24N4O8/c30-17-1-2-18(31)26(17)13-9-25(10-14-27-19(32)3-4-20(27)33,11-15-28-21(34)5-6-22(28)35)12-16-29-23(36)7-8-24(29)37/h1-8H,9-16H2. The van der Waals surface area contributed by atoms with Crippen molar-refractivity contribution in [3.8, 4) is 0 Å². The van der Waals surface area contributed by atoms with Gasteiger partial charge in [-0.25, -0.2) is 0 Å².